The van der Waals surface area contributed by atoms with E-state index in [2.05, 4.69) is 0 Å². The van der Waals surface area contributed by atoms with Crippen molar-refractivity contribution in [3.8, 4) is 0 Å². The summed E-state index contributed by atoms with van der Waals surface area (Å²) in [6.07, 6.45) is 7.96. The van der Waals surface area contributed by atoms with Gasteiger partial charge in [0.15, 0.2) is 0 Å². The number of ketones is 1. The lowest BCUT2D eigenvalue weighted by molar-refractivity contribution is -0.121. The van der Waals surface area contributed by atoms with E-state index in [4.69, 9.17) is 4.74 Å². The van der Waals surface area contributed by atoms with E-state index in [-0.39, 0.29) is 0 Å². The summed E-state index contributed by atoms with van der Waals surface area (Å²) in [5, 5.41) is 0. The maximum atomic E-state index is 11.2. The van der Waals surface area contributed by atoms with E-state index in [0.717, 1.165) is 38.7 Å². The summed E-state index contributed by atoms with van der Waals surface area (Å²) >= 11 is 0. The van der Waals surface area contributed by atoms with Crippen molar-refractivity contribution in [3.05, 3.63) is 11.8 Å². The van der Waals surface area contributed by atoms with Crippen molar-refractivity contribution in [2.24, 2.45) is 5.92 Å². The number of carbonyl (C=O) groups is 1. The average Bonchev–Trinajstić information content (AvgIpc) is 2.19. The van der Waals surface area contributed by atoms with Crippen LogP contribution in [-0.2, 0) is 9.53 Å². The SMILES string of the molecule is O=C1CCCC(C2=COCCC2)C1. The van der Waals surface area contributed by atoms with Crippen molar-refractivity contribution in [3.63, 3.8) is 0 Å². The molecule has 0 saturated heterocycles. The lowest BCUT2D eigenvalue weighted by Gasteiger charge is -2.25. The van der Waals surface area contributed by atoms with E-state index in [9.17, 15) is 4.79 Å². The molecule has 1 saturated carbocycles. The smallest absolute Gasteiger partial charge is 0.133 e. The summed E-state index contributed by atoms with van der Waals surface area (Å²) < 4.78 is 5.30. The number of rotatable bonds is 1. The molecule has 0 amide bonds. The van der Waals surface area contributed by atoms with Gasteiger partial charge in [0.05, 0.1) is 12.9 Å². The third-order valence-corrected chi connectivity index (χ3v) is 2.97. The Morgan fingerprint density at radius 1 is 1.31 bits per heavy atom. The maximum Gasteiger partial charge on any atom is 0.133 e. The average molecular weight is 180 g/mol. The van der Waals surface area contributed by atoms with E-state index in [1.54, 1.807) is 0 Å². The first-order valence-corrected chi connectivity index (χ1v) is 5.18. The van der Waals surface area contributed by atoms with Crippen LogP contribution in [0, 0.1) is 5.92 Å². The van der Waals surface area contributed by atoms with Crippen LogP contribution in [0.2, 0.25) is 0 Å². The molecule has 0 aromatic carbocycles. The van der Waals surface area contributed by atoms with Crippen molar-refractivity contribution < 1.29 is 9.53 Å². The van der Waals surface area contributed by atoms with Crippen LogP contribution in [0.4, 0.5) is 0 Å². The zero-order valence-corrected chi connectivity index (χ0v) is 7.92. The fourth-order valence-electron chi connectivity index (χ4n) is 2.23. The molecule has 2 nitrogen and oxygen atoms in total. The largest absolute Gasteiger partial charge is 0.501 e. The predicted octanol–water partition coefficient (Wildman–Crippen LogP) is 2.44. The van der Waals surface area contributed by atoms with E-state index in [0.29, 0.717) is 11.7 Å². The molecule has 72 valence electrons. The Morgan fingerprint density at radius 2 is 2.23 bits per heavy atom. The fraction of sp³-hybridized carbons (Fsp3) is 0.727. The number of hydrogen-bond acceptors (Lipinski definition) is 2. The Labute approximate surface area is 79.0 Å². The summed E-state index contributed by atoms with van der Waals surface area (Å²) in [6.45, 7) is 0.851. The summed E-state index contributed by atoms with van der Waals surface area (Å²) in [5.41, 5.74) is 1.37. The number of hydrogen-bond donors (Lipinski definition) is 0. The van der Waals surface area contributed by atoms with Gasteiger partial charge in [-0.2, -0.15) is 0 Å². The molecule has 0 bridgehead atoms. The molecule has 0 spiro atoms. The van der Waals surface area contributed by atoms with Gasteiger partial charge in [-0.05, 0) is 37.2 Å². The minimum atomic E-state index is 0.433. The normalized spacial score (nSPS) is 29.4. The van der Waals surface area contributed by atoms with E-state index >= 15 is 0 Å². The molecule has 1 atom stereocenters. The third-order valence-electron chi connectivity index (χ3n) is 2.97. The van der Waals surface area contributed by atoms with Crippen LogP contribution in [0.1, 0.15) is 38.5 Å². The van der Waals surface area contributed by atoms with E-state index < -0.39 is 0 Å². The minimum Gasteiger partial charge on any atom is -0.501 e. The quantitative estimate of drug-likeness (QED) is 0.619. The van der Waals surface area contributed by atoms with Gasteiger partial charge in [0.25, 0.3) is 0 Å². The third kappa shape index (κ3) is 2.11. The lowest BCUT2D eigenvalue weighted by atomic mass is 9.81. The Kier molecular flexibility index (Phi) is 2.67. The summed E-state index contributed by atoms with van der Waals surface area (Å²) in [7, 11) is 0. The molecule has 1 heterocycles. The van der Waals surface area contributed by atoms with Gasteiger partial charge in [-0.3, -0.25) is 4.79 Å². The van der Waals surface area contributed by atoms with Crippen LogP contribution < -0.4 is 0 Å². The van der Waals surface area contributed by atoms with Gasteiger partial charge in [0, 0.05) is 12.8 Å². The van der Waals surface area contributed by atoms with Crippen LogP contribution in [0.15, 0.2) is 11.8 Å². The number of carbonyl (C=O) groups excluding carboxylic acids is 1. The van der Waals surface area contributed by atoms with Crippen LogP contribution in [0.3, 0.4) is 0 Å². The maximum absolute atomic E-state index is 11.2. The Bertz CT molecular complexity index is 230. The second-order valence-electron chi connectivity index (χ2n) is 4.00. The standard InChI is InChI=1S/C11H16O2/c12-11-5-1-3-9(7-11)10-4-2-6-13-8-10/h8-9H,1-7H2. The predicted molar refractivity (Wildman–Crippen MR) is 50.2 cm³/mol. The Hall–Kier alpha value is -0.790. The zero-order chi connectivity index (χ0) is 9.10. The first-order valence-electron chi connectivity index (χ1n) is 5.18. The molecular formula is C11H16O2. The van der Waals surface area contributed by atoms with Crippen LogP contribution in [0.25, 0.3) is 0 Å². The molecule has 0 radical (unpaired) electrons. The molecule has 2 aliphatic rings. The number of Topliss-reactive ketones (excluding diaryl/α,β-unsaturated/α-hetero) is 1. The molecule has 13 heavy (non-hydrogen) atoms. The lowest BCUT2D eigenvalue weighted by Crippen LogP contribution is -2.18. The molecule has 1 aliphatic heterocycles. The second kappa shape index (κ2) is 3.95. The number of ether oxygens (including phenoxy) is 1. The summed E-state index contributed by atoms with van der Waals surface area (Å²) in [4.78, 5) is 11.2. The number of allylic oxidation sites excluding steroid dienone is 1. The topological polar surface area (TPSA) is 26.3 Å². The highest BCUT2D eigenvalue weighted by atomic mass is 16.5. The molecular weight excluding hydrogens is 164 g/mol. The van der Waals surface area contributed by atoms with Crippen molar-refractivity contribution >= 4 is 5.78 Å². The first-order chi connectivity index (χ1) is 6.36. The van der Waals surface area contributed by atoms with Crippen LogP contribution in [0.5, 0.6) is 0 Å². The molecule has 1 fully saturated rings. The van der Waals surface area contributed by atoms with Gasteiger partial charge in [0.1, 0.15) is 5.78 Å². The summed E-state index contributed by atoms with van der Waals surface area (Å²) in [5.74, 6) is 0.935. The minimum absolute atomic E-state index is 0.433. The molecule has 2 rings (SSSR count). The molecule has 2 heteroatoms. The molecule has 0 N–H and O–H groups in total. The van der Waals surface area contributed by atoms with Crippen molar-refractivity contribution in [2.75, 3.05) is 6.61 Å². The molecule has 0 aromatic rings. The van der Waals surface area contributed by atoms with Gasteiger partial charge in [-0.15, -0.1) is 0 Å². The van der Waals surface area contributed by atoms with Crippen LogP contribution in [-0.4, -0.2) is 12.4 Å². The van der Waals surface area contributed by atoms with Gasteiger partial charge < -0.3 is 4.74 Å². The zero-order valence-electron chi connectivity index (χ0n) is 7.92. The monoisotopic (exact) mass is 180 g/mol. The summed E-state index contributed by atoms with van der Waals surface area (Å²) in [6, 6.07) is 0. The van der Waals surface area contributed by atoms with Gasteiger partial charge in [-0.25, -0.2) is 0 Å². The van der Waals surface area contributed by atoms with Crippen molar-refractivity contribution in [1.29, 1.82) is 0 Å². The van der Waals surface area contributed by atoms with Gasteiger partial charge >= 0.3 is 0 Å². The van der Waals surface area contributed by atoms with Gasteiger partial charge in [-0.1, -0.05) is 0 Å². The van der Waals surface area contributed by atoms with Gasteiger partial charge in [0.2, 0.25) is 0 Å². The van der Waals surface area contributed by atoms with E-state index in [1.165, 1.54) is 12.0 Å². The highest BCUT2D eigenvalue weighted by molar-refractivity contribution is 5.79. The highest BCUT2D eigenvalue weighted by Gasteiger charge is 2.23. The highest BCUT2D eigenvalue weighted by Crippen LogP contribution is 2.31. The van der Waals surface area contributed by atoms with Crippen LogP contribution >= 0.6 is 0 Å². The van der Waals surface area contributed by atoms with Crippen molar-refractivity contribution in [2.45, 2.75) is 38.5 Å². The molecule has 0 aromatic heterocycles. The fourth-order valence-corrected chi connectivity index (χ4v) is 2.23. The van der Waals surface area contributed by atoms with E-state index in [1.807, 2.05) is 6.26 Å². The van der Waals surface area contributed by atoms with Crippen molar-refractivity contribution in [1.82, 2.24) is 0 Å². The molecule has 1 unspecified atom stereocenters. The Balaban J connectivity index is 1.98. The second-order valence-corrected chi connectivity index (χ2v) is 4.00. The molecule has 1 aliphatic carbocycles. The first kappa shape index (κ1) is 8.79. The Morgan fingerprint density at radius 3 is 2.92 bits per heavy atom.